The van der Waals surface area contributed by atoms with E-state index in [4.69, 9.17) is 11.6 Å². The Kier molecular flexibility index (Phi) is 4.94. The highest BCUT2D eigenvalue weighted by Gasteiger charge is 2.12. The first-order valence-corrected chi connectivity index (χ1v) is 6.91. The molecule has 0 spiro atoms. The Bertz CT molecular complexity index is 346. The summed E-state index contributed by atoms with van der Waals surface area (Å²) in [5.74, 6) is 1.45. The van der Waals surface area contributed by atoms with Crippen LogP contribution in [-0.2, 0) is 5.41 Å². The molecule has 0 nitrogen and oxygen atoms in total. The first-order valence-electron chi connectivity index (χ1n) is 5.39. The second kappa shape index (κ2) is 5.79. The molecular weight excluding hydrogens is 236 g/mol. The quantitative estimate of drug-likeness (QED) is 0.420. The van der Waals surface area contributed by atoms with Crippen molar-refractivity contribution in [1.82, 2.24) is 0 Å². The lowest BCUT2D eigenvalue weighted by atomic mass is 9.87. The number of hydrogen-bond donors (Lipinski definition) is 0. The first kappa shape index (κ1) is 13.7. The van der Waals surface area contributed by atoms with Crippen molar-refractivity contribution in [1.29, 1.82) is 0 Å². The average Bonchev–Trinajstić information content (AvgIpc) is 2.25. The van der Waals surface area contributed by atoms with E-state index < -0.39 is 0 Å². The predicted octanol–water partition coefficient (Wildman–Crippen LogP) is 4.87. The zero-order valence-corrected chi connectivity index (χ0v) is 11.8. The van der Waals surface area contributed by atoms with Crippen molar-refractivity contribution >= 4 is 23.4 Å². The van der Waals surface area contributed by atoms with Gasteiger partial charge in [-0.25, -0.2) is 0 Å². The van der Waals surface area contributed by atoms with Gasteiger partial charge in [0.05, 0.1) is 0 Å². The smallest absolute Gasteiger partial charge is 0.0439 e. The van der Waals surface area contributed by atoms with Crippen LogP contribution < -0.4 is 0 Å². The van der Waals surface area contributed by atoms with Crippen molar-refractivity contribution in [2.75, 3.05) is 11.6 Å². The molecule has 0 radical (unpaired) electrons. The molecule has 1 rings (SSSR count). The van der Waals surface area contributed by atoms with Crippen LogP contribution in [-0.4, -0.2) is 11.6 Å². The summed E-state index contributed by atoms with van der Waals surface area (Å²) in [6, 6.07) is 8.75. The van der Waals surface area contributed by atoms with E-state index in [2.05, 4.69) is 51.6 Å². The van der Waals surface area contributed by atoms with E-state index in [0.717, 1.165) is 11.3 Å². The van der Waals surface area contributed by atoms with Crippen LogP contribution in [0.4, 0.5) is 0 Å². The zero-order valence-electron chi connectivity index (χ0n) is 10.2. The number of rotatable bonds is 4. The third-order valence-electron chi connectivity index (χ3n) is 2.35. The SMILES string of the molecule is C=C(CCl)CSc1ccc(C(C)(C)C)cc1. The summed E-state index contributed by atoms with van der Waals surface area (Å²) >= 11 is 7.48. The van der Waals surface area contributed by atoms with E-state index in [1.807, 2.05) is 0 Å². The Morgan fingerprint density at radius 2 is 1.81 bits per heavy atom. The molecular formula is C14H19ClS. The summed E-state index contributed by atoms with van der Waals surface area (Å²) in [5, 5.41) is 0. The van der Waals surface area contributed by atoms with Crippen LogP contribution in [0.15, 0.2) is 41.3 Å². The van der Waals surface area contributed by atoms with Gasteiger partial charge in [0.15, 0.2) is 0 Å². The number of benzene rings is 1. The Morgan fingerprint density at radius 1 is 1.25 bits per heavy atom. The lowest BCUT2D eigenvalue weighted by Crippen LogP contribution is -2.10. The van der Waals surface area contributed by atoms with Crippen LogP contribution in [0.3, 0.4) is 0 Å². The molecule has 0 atom stereocenters. The van der Waals surface area contributed by atoms with Crippen molar-refractivity contribution in [3.8, 4) is 0 Å². The van der Waals surface area contributed by atoms with E-state index in [1.165, 1.54) is 10.5 Å². The maximum Gasteiger partial charge on any atom is 0.0439 e. The molecule has 0 aliphatic rings. The highest BCUT2D eigenvalue weighted by atomic mass is 35.5. The van der Waals surface area contributed by atoms with E-state index >= 15 is 0 Å². The minimum absolute atomic E-state index is 0.225. The third kappa shape index (κ3) is 4.23. The highest BCUT2D eigenvalue weighted by Crippen LogP contribution is 2.26. The van der Waals surface area contributed by atoms with Crippen molar-refractivity contribution < 1.29 is 0 Å². The largest absolute Gasteiger partial charge is 0.122 e. The second-order valence-corrected chi connectivity index (χ2v) is 6.26. The molecule has 0 unspecified atom stereocenters. The minimum atomic E-state index is 0.225. The zero-order chi connectivity index (χ0) is 12.2. The van der Waals surface area contributed by atoms with Gasteiger partial charge in [-0.1, -0.05) is 45.1 Å². The fourth-order valence-electron chi connectivity index (χ4n) is 1.28. The number of alkyl halides is 1. The van der Waals surface area contributed by atoms with Gasteiger partial charge in [0.2, 0.25) is 0 Å². The van der Waals surface area contributed by atoms with Gasteiger partial charge in [0.1, 0.15) is 0 Å². The first-order chi connectivity index (χ1) is 7.43. The third-order valence-corrected chi connectivity index (χ3v) is 3.89. The maximum absolute atomic E-state index is 5.69. The summed E-state index contributed by atoms with van der Waals surface area (Å²) in [5.41, 5.74) is 2.67. The molecule has 0 bridgehead atoms. The molecule has 0 saturated carbocycles. The monoisotopic (exact) mass is 254 g/mol. The van der Waals surface area contributed by atoms with Gasteiger partial charge in [-0.3, -0.25) is 0 Å². The lowest BCUT2D eigenvalue weighted by Gasteiger charge is -2.19. The molecule has 1 aromatic rings. The molecule has 0 heterocycles. The van der Waals surface area contributed by atoms with Crippen molar-refractivity contribution in [2.24, 2.45) is 0 Å². The fraction of sp³-hybridized carbons (Fsp3) is 0.429. The van der Waals surface area contributed by atoms with Crippen molar-refractivity contribution in [2.45, 2.75) is 31.1 Å². The summed E-state index contributed by atoms with van der Waals surface area (Å²) in [7, 11) is 0. The van der Waals surface area contributed by atoms with Crippen LogP contribution in [0.25, 0.3) is 0 Å². The summed E-state index contributed by atoms with van der Waals surface area (Å²) < 4.78 is 0. The van der Waals surface area contributed by atoms with Crippen molar-refractivity contribution in [3.05, 3.63) is 42.0 Å². The van der Waals surface area contributed by atoms with Gasteiger partial charge in [-0.15, -0.1) is 23.4 Å². The summed E-state index contributed by atoms with van der Waals surface area (Å²) in [6.45, 7) is 10.6. The van der Waals surface area contributed by atoms with Gasteiger partial charge in [0, 0.05) is 16.5 Å². The minimum Gasteiger partial charge on any atom is -0.122 e. The van der Waals surface area contributed by atoms with Crippen molar-refractivity contribution in [3.63, 3.8) is 0 Å². The standard InChI is InChI=1S/C14H19ClS/c1-11(9-15)10-16-13-7-5-12(6-8-13)14(2,3)4/h5-8H,1,9-10H2,2-4H3. The summed E-state index contributed by atoms with van der Waals surface area (Å²) in [6.07, 6.45) is 0. The van der Waals surface area contributed by atoms with Gasteiger partial charge >= 0.3 is 0 Å². The predicted molar refractivity (Wildman–Crippen MR) is 75.7 cm³/mol. The Balaban J connectivity index is 2.62. The molecule has 0 saturated heterocycles. The van der Waals surface area contributed by atoms with E-state index in [-0.39, 0.29) is 5.41 Å². The summed E-state index contributed by atoms with van der Waals surface area (Å²) in [4.78, 5) is 1.28. The van der Waals surface area contributed by atoms with Crippen LogP contribution in [0.5, 0.6) is 0 Å². The molecule has 0 aliphatic carbocycles. The van der Waals surface area contributed by atoms with Crippen LogP contribution in [0, 0.1) is 0 Å². The molecule has 16 heavy (non-hydrogen) atoms. The fourth-order valence-corrected chi connectivity index (χ4v) is 2.28. The van der Waals surface area contributed by atoms with Crippen LogP contribution >= 0.6 is 23.4 Å². The number of thioether (sulfide) groups is 1. The second-order valence-electron chi connectivity index (χ2n) is 4.95. The Morgan fingerprint density at radius 3 is 2.25 bits per heavy atom. The number of hydrogen-bond acceptors (Lipinski definition) is 1. The molecule has 1 aromatic carbocycles. The van der Waals surface area contributed by atoms with Gasteiger partial charge in [0.25, 0.3) is 0 Å². The molecule has 0 N–H and O–H groups in total. The van der Waals surface area contributed by atoms with E-state index in [0.29, 0.717) is 5.88 Å². The highest BCUT2D eigenvalue weighted by molar-refractivity contribution is 7.99. The molecule has 0 amide bonds. The topological polar surface area (TPSA) is 0 Å². The molecule has 0 aromatic heterocycles. The number of halogens is 1. The molecule has 88 valence electrons. The van der Waals surface area contributed by atoms with Gasteiger partial charge < -0.3 is 0 Å². The van der Waals surface area contributed by atoms with E-state index in [1.54, 1.807) is 11.8 Å². The Hall–Kier alpha value is -0.400. The average molecular weight is 255 g/mol. The lowest BCUT2D eigenvalue weighted by molar-refractivity contribution is 0.590. The molecule has 2 heteroatoms. The molecule has 0 fully saturated rings. The molecule has 0 aliphatic heterocycles. The van der Waals surface area contributed by atoms with Gasteiger partial charge in [-0.05, 0) is 23.1 Å². The van der Waals surface area contributed by atoms with E-state index in [9.17, 15) is 0 Å². The Labute approximate surface area is 108 Å². The van der Waals surface area contributed by atoms with Crippen LogP contribution in [0.1, 0.15) is 26.3 Å². The maximum atomic E-state index is 5.69. The van der Waals surface area contributed by atoms with Gasteiger partial charge in [-0.2, -0.15) is 0 Å². The normalized spacial score (nSPS) is 11.5. The van der Waals surface area contributed by atoms with Crippen LogP contribution in [0.2, 0.25) is 0 Å².